The minimum atomic E-state index is -4.16. The van der Waals surface area contributed by atoms with Crippen molar-refractivity contribution in [3.05, 3.63) is 100 Å². The van der Waals surface area contributed by atoms with Crippen LogP contribution < -0.4 is 4.72 Å². The molecule has 0 fully saturated rings. The second-order valence-corrected chi connectivity index (χ2v) is 30.3. The molecule has 0 spiro atoms. The zero-order valence-corrected chi connectivity index (χ0v) is 43.0. The minimum absolute atomic E-state index is 0.143. The first-order valence-corrected chi connectivity index (χ1v) is 31.3. The molecule has 1 atom stereocenters. The first-order valence-electron chi connectivity index (χ1n) is 29.9. The number of hydrogen-bond acceptors (Lipinski definition) is 2. The number of aryl methyl sites for hydroxylation is 1. The predicted octanol–water partition coefficient (Wildman–Crippen LogP) is 20.3. The van der Waals surface area contributed by atoms with Gasteiger partial charge in [-0.3, -0.25) is 0 Å². The van der Waals surface area contributed by atoms with Crippen molar-refractivity contribution in [1.82, 2.24) is 4.72 Å². The number of rotatable bonds is 5. The fraction of sp³-hybridized carbons (Fsp3) is 0.0513. The van der Waals surface area contributed by atoms with E-state index in [0.29, 0.717) is 4.90 Å². The number of nitrogens with one attached hydrogen (secondary N) is 1. The molecule has 31 aromatic rings. The van der Waals surface area contributed by atoms with Crippen molar-refractivity contribution < 1.29 is 8.42 Å². The fourth-order valence-electron chi connectivity index (χ4n) is 26.5. The summed E-state index contributed by atoms with van der Waals surface area (Å²) >= 11 is 0. The summed E-state index contributed by atoms with van der Waals surface area (Å²) in [5.41, 5.74) is 7.16. The standard InChI is InChI=1S/C78H17NO2S/c1-13-6-10-17(11-7-13)82(80,81)79-77(16-9-8-14-4-2-3-5-15(14)12-16)78-74-70-64-50-42-34-22-19-18-20-23(22)35-37-33-27(20)29-25-21(18)24-28-26(19)32-36(34)48(50)56-54-40(32)38(28)46-44-30(24)31(25)45-47-39(29)41(33)55-57-49(37)51(43(35)42)65(64)71(74)67(57)69-61(55)59(47)63-53(45)52(44)62-58(46)60(54)68(66(56)70)75(78)72(62)73(63)76(69)78/h2-12,74,77,79H,1H3. The molecule has 1 unspecified atom stereocenters. The van der Waals surface area contributed by atoms with Gasteiger partial charge in [-0.25, -0.2) is 13.1 Å². The van der Waals surface area contributed by atoms with Gasteiger partial charge in [0.2, 0.25) is 10.0 Å². The van der Waals surface area contributed by atoms with Gasteiger partial charge in [-0.2, -0.15) is 0 Å². The zero-order valence-electron chi connectivity index (χ0n) is 42.2. The summed E-state index contributed by atoms with van der Waals surface area (Å²) < 4.78 is 36.6. The Morgan fingerprint density at radius 2 is 0.585 bits per heavy atom. The lowest BCUT2D eigenvalue weighted by Crippen LogP contribution is -2.49. The van der Waals surface area contributed by atoms with Gasteiger partial charge in [0.25, 0.3) is 0 Å². The number of hydrogen-bond donors (Lipinski definition) is 1. The van der Waals surface area contributed by atoms with Crippen LogP contribution in [0.4, 0.5) is 0 Å². The Kier molecular flexibility index (Phi) is 3.25. The van der Waals surface area contributed by atoms with Crippen LogP contribution in [0.15, 0.2) is 71.6 Å². The van der Waals surface area contributed by atoms with Crippen molar-refractivity contribution in [2.45, 2.75) is 29.2 Å². The maximum Gasteiger partial charge on any atom is 0.241 e. The Morgan fingerprint density at radius 1 is 0.317 bits per heavy atom. The highest BCUT2D eigenvalue weighted by Gasteiger charge is 2.66. The second kappa shape index (κ2) is 8.04. The summed E-state index contributed by atoms with van der Waals surface area (Å²) in [6.07, 6.45) is 0. The van der Waals surface area contributed by atoms with Gasteiger partial charge in [0.05, 0.1) is 16.4 Å². The monoisotopic (exact) mass is 1030 g/mol. The van der Waals surface area contributed by atoms with E-state index >= 15 is 8.42 Å². The molecule has 0 saturated heterocycles. The van der Waals surface area contributed by atoms with Crippen LogP contribution in [0, 0.1) is 6.92 Å². The highest BCUT2D eigenvalue weighted by atomic mass is 32.2. The maximum atomic E-state index is 16.3. The molecule has 0 radical (unpaired) electrons. The van der Waals surface area contributed by atoms with Crippen LogP contribution in [0.1, 0.15) is 45.3 Å². The molecule has 4 heteroatoms. The predicted molar refractivity (Wildman–Crippen MR) is 343 cm³/mol. The number of sulfonamides is 1. The van der Waals surface area contributed by atoms with E-state index in [2.05, 4.69) is 54.1 Å². The Bertz CT molecular complexity index is 8180. The Hall–Kier alpha value is -9.71. The first-order chi connectivity index (χ1) is 40.5. The number of fused-ring (bicyclic) bond motifs is 1. The third kappa shape index (κ3) is 2.03. The van der Waals surface area contributed by atoms with E-state index in [-0.39, 0.29) is 5.92 Å². The summed E-state index contributed by atoms with van der Waals surface area (Å²) in [5, 5.41) is 85.8. The van der Waals surface area contributed by atoms with E-state index in [1.54, 1.807) is 172 Å². The molecule has 352 valence electrons. The van der Waals surface area contributed by atoms with E-state index in [1.807, 2.05) is 24.3 Å². The highest BCUT2D eigenvalue weighted by Crippen LogP contribution is 2.84. The third-order valence-electron chi connectivity index (χ3n) is 27.4. The molecule has 0 aliphatic heterocycles. The van der Waals surface area contributed by atoms with Gasteiger partial charge >= 0.3 is 0 Å². The average molecular weight is 1030 g/mol. The minimum Gasteiger partial charge on any atom is -0.207 e. The summed E-state index contributed by atoms with van der Waals surface area (Å²) in [6.45, 7) is 2.06. The molecule has 35 rings (SSSR count). The third-order valence-corrected chi connectivity index (χ3v) is 28.8. The van der Waals surface area contributed by atoms with E-state index in [0.717, 1.165) is 16.5 Å². The van der Waals surface area contributed by atoms with E-state index in [4.69, 9.17) is 0 Å². The molecular weight excluding hydrogens is 1010 g/mol. The van der Waals surface area contributed by atoms with Crippen LogP contribution in [-0.2, 0) is 15.4 Å². The molecule has 4 aliphatic rings. The molecule has 31 aromatic carbocycles. The van der Waals surface area contributed by atoms with E-state index < -0.39 is 21.5 Å². The molecule has 0 amide bonds. The quantitative estimate of drug-likeness (QED) is 0.175. The summed E-state index contributed by atoms with van der Waals surface area (Å²) in [7, 11) is -4.16. The van der Waals surface area contributed by atoms with Crippen LogP contribution in [0.2, 0.25) is 0 Å². The van der Waals surface area contributed by atoms with Crippen LogP contribution in [-0.4, -0.2) is 8.42 Å². The normalized spacial score (nSPS) is 20.0. The molecule has 3 nitrogen and oxygen atoms in total. The number of benzene rings is 21. The van der Waals surface area contributed by atoms with Crippen LogP contribution in [0.25, 0.3) is 302 Å². The first kappa shape index (κ1) is 33.1. The van der Waals surface area contributed by atoms with Crippen molar-refractivity contribution in [2.75, 3.05) is 0 Å². The van der Waals surface area contributed by atoms with Crippen LogP contribution >= 0.6 is 0 Å². The Morgan fingerprint density at radius 3 is 0.915 bits per heavy atom. The van der Waals surface area contributed by atoms with Crippen molar-refractivity contribution in [1.29, 1.82) is 0 Å². The molecule has 0 bridgehead atoms. The van der Waals surface area contributed by atoms with Gasteiger partial charge in [-0.1, -0.05) is 54.1 Å². The molecule has 1 N–H and O–H groups in total. The summed E-state index contributed by atoms with van der Waals surface area (Å²) in [5.74, 6) is -0.143. The van der Waals surface area contributed by atoms with E-state index in [9.17, 15) is 0 Å². The lowest BCUT2D eigenvalue weighted by Gasteiger charge is -2.50. The van der Waals surface area contributed by atoms with Crippen LogP contribution in [0.5, 0.6) is 0 Å². The fourth-order valence-corrected chi connectivity index (χ4v) is 27.7. The van der Waals surface area contributed by atoms with Crippen molar-refractivity contribution in [3.63, 3.8) is 0 Å². The van der Waals surface area contributed by atoms with Gasteiger partial charge in [-0.05, 0) is 355 Å². The van der Waals surface area contributed by atoms with Gasteiger partial charge in [0.1, 0.15) is 0 Å². The summed E-state index contributed by atoms with van der Waals surface area (Å²) in [4.78, 5) is 0.327. The SMILES string of the molecule is Cc1ccc(S(=O)(=O)NC(c2ccc3ccccc3c2)C23c4c5c6c7c8c9c(c%10c%11c2c2c4c4c%12c5c5c6c6c8c8c%13c9c9c%10c%10c%11c%11c2c2c4c4c%12c%12c5c5c6c8c6c8c%13c9c9c%10c%10c%11c2c2c4c4c%12c5c6c5c8c9c%10c2c45)C73)cc1. The average Bonchev–Trinajstić information content (AvgIpc) is 1.41. The van der Waals surface area contributed by atoms with Gasteiger partial charge in [0, 0.05) is 5.92 Å². The second-order valence-electron chi connectivity index (χ2n) is 28.6. The van der Waals surface area contributed by atoms with Crippen molar-refractivity contribution in [3.8, 4) is 0 Å². The largest absolute Gasteiger partial charge is 0.241 e. The van der Waals surface area contributed by atoms with E-state index in [1.165, 1.54) is 146 Å². The van der Waals surface area contributed by atoms with Gasteiger partial charge in [0.15, 0.2) is 0 Å². The molecule has 0 heterocycles. The molecule has 4 aliphatic carbocycles. The Balaban J connectivity index is 1.01. The summed E-state index contributed by atoms with van der Waals surface area (Å²) in [6, 6.07) is 22.8. The highest BCUT2D eigenvalue weighted by molar-refractivity contribution is 7.89. The lowest BCUT2D eigenvalue weighted by atomic mass is 9.53. The van der Waals surface area contributed by atoms with Gasteiger partial charge in [-0.15, -0.1) is 0 Å². The molecule has 82 heavy (non-hydrogen) atoms. The van der Waals surface area contributed by atoms with Crippen molar-refractivity contribution in [2.24, 2.45) is 0 Å². The van der Waals surface area contributed by atoms with Gasteiger partial charge < -0.3 is 0 Å². The smallest absolute Gasteiger partial charge is 0.207 e. The van der Waals surface area contributed by atoms with Crippen LogP contribution in [0.3, 0.4) is 0 Å². The molecule has 0 aromatic heterocycles. The zero-order chi connectivity index (χ0) is 50.0. The lowest BCUT2D eigenvalue weighted by molar-refractivity contribution is 0.363. The topological polar surface area (TPSA) is 46.2 Å². The maximum absolute atomic E-state index is 16.3. The van der Waals surface area contributed by atoms with Crippen molar-refractivity contribution >= 4 is 312 Å². The Labute approximate surface area is 451 Å². The molecular formula is C78H17NO2S. The molecule has 0 saturated carbocycles.